The lowest BCUT2D eigenvalue weighted by Crippen LogP contribution is -2.45. The van der Waals surface area contributed by atoms with Gasteiger partial charge in [0.25, 0.3) is 0 Å². The number of hydrogen-bond donors (Lipinski definition) is 0. The quantitative estimate of drug-likeness (QED) is 0.210. The van der Waals surface area contributed by atoms with Crippen molar-refractivity contribution in [2.75, 3.05) is 26.4 Å². The second-order valence-corrected chi connectivity index (χ2v) is 7.55. The maximum atomic E-state index is 11.1. The van der Waals surface area contributed by atoms with Gasteiger partial charge in [0.1, 0.15) is 0 Å². The fourth-order valence-corrected chi connectivity index (χ4v) is 4.84. The van der Waals surface area contributed by atoms with Gasteiger partial charge in [-0.1, -0.05) is 18.9 Å². The van der Waals surface area contributed by atoms with E-state index in [1.54, 1.807) is 13.0 Å². The molecule has 0 aliphatic rings. The van der Waals surface area contributed by atoms with Crippen molar-refractivity contribution in [3.8, 4) is 0 Å². The Morgan fingerprint density at radius 2 is 1.45 bits per heavy atom. The molecule has 6 heteroatoms. The molecule has 0 radical (unpaired) electrons. The Labute approximate surface area is 136 Å². The summed E-state index contributed by atoms with van der Waals surface area (Å²) < 4.78 is 22.5. The number of ether oxygens (including phenoxy) is 1. The van der Waals surface area contributed by atoms with Crippen LogP contribution in [0.5, 0.6) is 0 Å². The van der Waals surface area contributed by atoms with Crippen molar-refractivity contribution in [2.24, 2.45) is 0 Å². The third kappa shape index (κ3) is 10.1. The minimum Gasteiger partial charge on any atom is -0.463 e. The highest BCUT2D eigenvalue weighted by atomic mass is 28.4. The molecule has 0 fully saturated rings. The number of hydrogen-bond acceptors (Lipinski definition) is 5. The molecule has 0 aromatic carbocycles. The summed E-state index contributed by atoms with van der Waals surface area (Å²) in [7, 11) is -2.49. The largest absolute Gasteiger partial charge is 0.500 e. The molecule has 0 aliphatic heterocycles. The molecule has 0 saturated carbocycles. The standard InChI is InChI=1S/C16H32O5Si/c1-5-13-16(17)18-14-11-9-10-12-15-22(19-6-2,20-7-3)21-8-4/h5,13H,6-12,14-15H2,1-4H3. The maximum absolute atomic E-state index is 11.1. The number of esters is 1. The molecule has 0 atom stereocenters. The number of carbonyl (C=O) groups is 1. The lowest BCUT2D eigenvalue weighted by Gasteiger charge is -2.28. The van der Waals surface area contributed by atoms with E-state index in [-0.39, 0.29) is 5.97 Å². The Morgan fingerprint density at radius 3 is 1.95 bits per heavy atom. The molecule has 0 amide bonds. The molecule has 0 aliphatic carbocycles. The smallest absolute Gasteiger partial charge is 0.463 e. The highest BCUT2D eigenvalue weighted by Gasteiger charge is 2.39. The first-order valence-corrected chi connectivity index (χ1v) is 10.3. The molecule has 0 saturated heterocycles. The van der Waals surface area contributed by atoms with Crippen LogP contribution >= 0.6 is 0 Å². The van der Waals surface area contributed by atoms with Crippen LogP contribution in [0, 0.1) is 0 Å². The number of rotatable bonds is 14. The fourth-order valence-electron chi connectivity index (χ4n) is 2.16. The lowest BCUT2D eigenvalue weighted by atomic mass is 10.2. The van der Waals surface area contributed by atoms with E-state index in [4.69, 9.17) is 18.0 Å². The third-order valence-corrected chi connectivity index (χ3v) is 6.17. The first-order chi connectivity index (χ1) is 10.6. The molecular weight excluding hydrogens is 300 g/mol. The van der Waals surface area contributed by atoms with Crippen LogP contribution in [0.2, 0.25) is 6.04 Å². The first-order valence-electron chi connectivity index (χ1n) is 8.35. The normalized spacial score (nSPS) is 12.0. The Balaban J connectivity index is 3.90. The molecule has 0 unspecified atom stereocenters. The topological polar surface area (TPSA) is 54.0 Å². The van der Waals surface area contributed by atoms with Crippen molar-refractivity contribution in [1.82, 2.24) is 0 Å². The fraction of sp³-hybridized carbons (Fsp3) is 0.812. The molecule has 22 heavy (non-hydrogen) atoms. The van der Waals surface area contributed by atoms with Crippen LogP contribution in [0.1, 0.15) is 53.4 Å². The van der Waals surface area contributed by atoms with Gasteiger partial charge in [0.15, 0.2) is 0 Å². The van der Waals surface area contributed by atoms with Crippen LogP contribution in [-0.2, 0) is 22.8 Å². The minimum atomic E-state index is -2.49. The summed E-state index contributed by atoms with van der Waals surface area (Å²) in [6.45, 7) is 10.0. The van der Waals surface area contributed by atoms with E-state index in [0.29, 0.717) is 26.4 Å². The summed E-state index contributed by atoms with van der Waals surface area (Å²) in [4.78, 5) is 11.1. The van der Waals surface area contributed by atoms with Gasteiger partial charge in [-0.15, -0.1) is 0 Å². The molecule has 0 bridgehead atoms. The Hall–Kier alpha value is -0.693. The van der Waals surface area contributed by atoms with Crippen LogP contribution < -0.4 is 0 Å². The Kier molecular flexibility index (Phi) is 13.5. The van der Waals surface area contributed by atoms with E-state index in [0.717, 1.165) is 31.7 Å². The van der Waals surface area contributed by atoms with Gasteiger partial charge in [-0.2, -0.15) is 0 Å². The van der Waals surface area contributed by atoms with Crippen molar-refractivity contribution >= 4 is 14.8 Å². The molecule has 130 valence electrons. The molecule has 0 rings (SSSR count). The predicted octanol–water partition coefficient (Wildman–Crippen LogP) is 3.71. The van der Waals surface area contributed by atoms with Crippen molar-refractivity contribution in [1.29, 1.82) is 0 Å². The van der Waals surface area contributed by atoms with E-state index in [9.17, 15) is 4.79 Å². The van der Waals surface area contributed by atoms with Crippen LogP contribution in [0.15, 0.2) is 12.2 Å². The van der Waals surface area contributed by atoms with Crippen LogP contribution in [0.3, 0.4) is 0 Å². The van der Waals surface area contributed by atoms with Crippen molar-refractivity contribution < 1.29 is 22.8 Å². The SMILES string of the molecule is CC=CC(=O)OCCCCCC[Si](OCC)(OCC)OCC. The highest BCUT2D eigenvalue weighted by molar-refractivity contribution is 6.60. The summed E-state index contributed by atoms with van der Waals surface area (Å²) in [5.74, 6) is -0.266. The minimum absolute atomic E-state index is 0.266. The molecule has 0 aromatic heterocycles. The zero-order valence-corrected chi connectivity index (χ0v) is 15.6. The molecule has 5 nitrogen and oxygen atoms in total. The van der Waals surface area contributed by atoms with Gasteiger partial charge in [-0.25, -0.2) is 4.79 Å². The second kappa shape index (κ2) is 13.9. The van der Waals surface area contributed by atoms with Gasteiger partial charge in [0.05, 0.1) is 6.61 Å². The average molecular weight is 333 g/mol. The van der Waals surface area contributed by atoms with E-state index in [2.05, 4.69) is 0 Å². The second-order valence-electron chi connectivity index (χ2n) is 4.81. The van der Waals surface area contributed by atoms with Crippen LogP contribution in [0.4, 0.5) is 0 Å². The summed E-state index contributed by atoms with van der Waals surface area (Å²) in [5.41, 5.74) is 0. The number of unbranched alkanes of at least 4 members (excludes halogenated alkanes) is 3. The van der Waals surface area contributed by atoms with Crippen molar-refractivity contribution in [2.45, 2.75) is 59.4 Å². The highest BCUT2D eigenvalue weighted by Crippen LogP contribution is 2.20. The van der Waals surface area contributed by atoms with Crippen LogP contribution in [0.25, 0.3) is 0 Å². The summed E-state index contributed by atoms with van der Waals surface area (Å²) in [6.07, 6.45) is 7.10. The molecule has 0 N–H and O–H groups in total. The van der Waals surface area contributed by atoms with E-state index in [1.165, 1.54) is 6.08 Å². The van der Waals surface area contributed by atoms with E-state index >= 15 is 0 Å². The molecule has 0 spiro atoms. The third-order valence-electron chi connectivity index (χ3n) is 3.02. The van der Waals surface area contributed by atoms with E-state index < -0.39 is 8.80 Å². The maximum Gasteiger partial charge on any atom is 0.500 e. The van der Waals surface area contributed by atoms with Gasteiger partial charge in [0, 0.05) is 31.9 Å². The number of allylic oxidation sites excluding steroid dienone is 1. The predicted molar refractivity (Wildman–Crippen MR) is 89.7 cm³/mol. The van der Waals surface area contributed by atoms with Gasteiger partial charge in [0.2, 0.25) is 0 Å². The average Bonchev–Trinajstić information content (AvgIpc) is 2.47. The lowest BCUT2D eigenvalue weighted by molar-refractivity contribution is -0.137. The molecular formula is C16H32O5Si. The summed E-state index contributed by atoms with van der Waals surface area (Å²) in [6, 6.07) is 0.848. The van der Waals surface area contributed by atoms with Gasteiger partial charge < -0.3 is 18.0 Å². The van der Waals surface area contributed by atoms with Gasteiger partial charge in [-0.3, -0.25) is 0 Å². The Morgan fingerprint density at radius 1 is 0.909 bits per heavy atom. The summed E-state index contributed by atoms with van der Waals surface area (Å²) in [5, 5.41) is 0. The van der Waals surface area contributed by atoms with Crippen LogP contribution in [-0.4, -0.2) is 41.2 Å². The van der Waals surface area contributed by atoms with E-state index in [1.807, 2.05) is 20.8 Å². The zero-order chi connectivity index (χ0) is 16.7. The number of carbonyl (C=O) groups excluding carboxylic acids is 1. The molecule has 0 heterocycles. The first kappa shape index (κ1) is 21.3. The van der Waals surface area contributed by atoms with Crippen molar-refractivity contribution in [3.63, 3.8) is 0 Å². The monoisotopic (exact) mass is 332 g/mol. The zero-order valence-electron chi connectivity index (χ0n) is 14.6. The molecule has 0 aromatic rings. The Bertz CT molecular complexity index is 290. The summed E-state index contributed by atoms with van der Waals surface area (Å²) >= 11 is 0. The van der Waals surface area contributed by atoms with Gasteiger partial charge in [-0.05, 0) is 40.5 Å². The van der Waals surface area contributed by atoms with Gasteiger partial charge >= 0.3 is 14.8 Å². The van der Waals surface area contributed by atoms with Crippen molar-refractivity contribution in [3.05, 3.63) is 12.2 Å².